The molecule has 0 saturated heterocycles. The largest absolute Gasteiger partial charge is 0.452 e. The van der Waals surface area contributed by atoms with Crippen molar-refractivity contribution in [2.24, 2.45) is 0 Å². The van der Waals surface area contributed by atoms with Crippen LogP contribution in [-0.2, 0) is 21.8 Å². The number of anilines is 1. The molecule has 0 saturated carbocycles. The molecule has 0 radical (unpaired) electrons. The number of nitrogen functional groups attached to an aromatic ring is 1. The summed E-state index contributed by atoms with van der Waals surface area (Å²) in [7, 11) is 0. The smallest absolute Gasteiger partial charge is 0.290 e. The molecule has 3 heterocycles. The molecule has 0 aliphatic carbocycles. The number of hydrogen-bond donors (Lipinski definition) is 1. The molecule has 0 bridgehead atoms. The number of pyridine rings is 1. The highest BCUT2D eigenvalue weighted by Crippen LogP contribution is 2.30. The number of ether oxygens (including phenoxy) is 2. The van der Waals surface area contributed by atoms with Crippen LogP contribution < -0.4 is 5.73 Å². The second-order valence-corrected chi connectivity index (χ2v) is 4.44. The molecule has 2 aromatic heterocycles. The van der Waals surface area contributed by atoms with Crippen molar-refractivity contribution in [2.45, 2.75) is 19.3 Å². The molecule has 0 aromatic carbocycles. The molecule has 2 aromatic rings. The highest BCUT2D eigenvalue weighted by atomic mass is 16.7. The molecule has 0 spiro atoms. The van der Waals surface area contributed by atoms with Crippen LogP contribution in [0.15, 0.2) is 43.1 Å². The maximum atomic E-state index is 5.63. The Labute approximate surface area is 110 Å². The Bertz CT molecular complexity index is 613. The molecular weight excluding hydrogens is 244 g/mol. The lowest BCUT2D eigenvalue weighted by atomic mass is 10.2. The van der Waals surface area contributed by atoms with Gasteiger partial charge in [0, 0.05) is 13.1 Å². The van der Waals surface area contributed by atoms with Gasteiger partial charge in [-0.2, -0.15) is 5.10 Å². The van der Waals surface area contributed by atoms with Crippen molar-refractivity contribution < 1.29 is 9.47 Å². The summed E-state index contributed by atoms with van der Waals surface area (Å²) in [4.78, 5) is 4.54. The zero-order valence-corrected chi connectivity index (χ0v) is 10.5. The Morgan fingerprint density at radius 2 is 2.11 bits per heavy atom. The third kappa shape index (κ3) is 2.24. The molecular formula is C13H14N4O2. The zero-order valence-electron chi connectivity index (χ0n) is 10.5. The lowest BCUT2D eigenvalue weighted by molar-refractivity contribution is -0.136. The minimum Gasteiger partial charge on any atom is -0.452 e. The topological polar surface area (TPSA) is 75.2 Å². The summed E-state index contributed by atoms with van der Waals surface area (Å²) in [6.07, 6.45) is 6.41. The quantitative estimate of drug-likeness (QED) is 0.905. The Morgan fingerprint density at radius 1 is 1.32 bits per heavy atom. The van der Waals surface area contributed by atoms with Crippen LogP contribution in [0.1, 0.15) is 18.3 Å². The van der Waals surface area contributed by atoms with Crippen LogP contribution in [0.3, 0.4) is 0 Å². The summed E-state index contributed by atoms with van der Waals surface area (Å²) in [6, 6.07) is 5.71. The van der Waals surface area contributed by atoms with E-state index >= 15 is 0 Å². The molecule has 6 nitrogen and oxygen atoms in total. The Balaban J connectivity index is 1.84. The van der Waals surface area contributed by atoms with Crippen LogP contribution in [0, 0.1) is 0 Å². The minimum atomic E-state index is -0.848. The Kier molecular flexibility index (Phi) is 2.63. The summed E-state index contributed by atoms with van der Waals surface area (Å²) < 4.78 is 12.6. The van der Waals surface area contributed by atoms with E-state index in [9.17, 15) is 0 Å². The van der Waals surface area contributed by atoms with E-state index < -0.39 is 5.79 Å². The molecule has 0 fully saturated rings. The summed E-state index contributed by atoms with van der Waals surface area (Å²) in [5, 5.41) is 4.13. The van der Waals surface area contributed by atoms with E-state index in [1.165, 1.54) is 12.5 Å². The molecule has 1 aliphatic heterocycles. The van der Waals surface area contributed by atoms with Crippen molar-refractivity contribution in [1.82, 2.24) is 14.8 Å². The van der Waals surface area contributed by atoms with Crippen molar-refractivity contribution in [2.75, 3.05) is 5.73 Å². The van der Waals surface area contributed by atoms with Crippen LogP contribution in [0.25, 0.3) is 0 Å². The Hall–Kier alpha value is -2.50. The van der Waals surface area contributed by atoms with Crippen LogP contribution in [0.2, 0.25) is 0 Å². The molecule has 2 N–H and O–H groups in total. The second-order valence-electron chi connectivity index (χ2n) is 4.44. The van der Waals surface area contributed by atoms with E-state index in [1.54, 1.807) is 17.1 Å². The fourth-order valence-corrected chi connectivity index (χ4v) is 1.92. The lowest BCUT2D eigenvalue weighted by Crippen LogP contribution is -2.24. The van der Waals surface area contributed by atoms with Gasteiger partial charge in [0.2, 0.25) is 0 Å². The van der Waals surface area contributed by atoms with Crippen LogP contribution >= 0.6 is 0 Å². The SMILES string of the molecule is CC1(c2cccc(Cn3cc(N)cn3)n2)OC=CO1. The molecule has 0 unspecified atom stereocenters. The van der Waals surface area contributed by atoms with E-state index in [0.717, 1.165) is 11.4 Å². The van der Waals surface area contributed by atoms with Gasteiger partial charge in [-0.3, -0.25) is 4.68 Å². The van der Waals surface area contributed by atoms with E-state index in [-0.39, 0.29) is 0 Å². The molecule has 6 heteroatoms. The third-order valence-corrected chi connectivity index (χ3v) is 2.89. The molecule has 0 amide bonds. The summed E-state index contributed by atoms with van der Waals surface area (Å²) >= 11 is 0. The van der Waals surface area contributed by atoms with E-state index in [4.69, 9.17) is 15.2 Å². The van der Waals surface area contributed by atoms with Crippen molar-refractivity contribution in [3.63, 3.8) is 0 Å². The monoisotopic (exact) mass is 258 g/mol. The van der Waals surface area contributed by atoms with Crippen molar-refractivity contribution >= 4 is 5.69 Å². The first-order valence-corrected chi connectivity index (χ1v) is 5.91. The molecule has 0 atom stereocenters. The fraction of sp³-hybridized carbons (Fsp3) is 0.231. The predicted octanol–water partition coefficient (Wildman–Crippen LogP) is 1.60. The Morgan fingerprint density at radius 3 is 2.79 bits per heavy atom. The van der Waals surface area contributed by atoms with Gasteiger partial charge in [0.05, 0.1) is 24.1 Å². The molecule has 98 valence electrons. The molecule has 3 rings (SSSR count). The van der Waals surface area contributed by atoms with Gasteiger partial charge < -0.3 is 15.2 Å². The summed E-state index contributed by atoms with van der Waals surface area (Å²) in [5.74, 6) is -0.848. The zero-order chi connectivity index (χ0) is 13.3. The molecule has 19 heavy (non-hydrogen) atoms. The summed E-state index contributed by atoms with van der Waals surface area (Å²) in [6.45, 7) is 2.37. The van der Waals surface area contributed by atoms with Crippen molar-refractivity contribution in [3.05, 3.63) is 54.5 Å². The van der Waals surface area contributed by atoms with Gasteiger partial charge in [0.1, 0.15) is 18.2 Å². The first-order chi connectivity index (χ1) is 9.16. The van der Waals surface area contributed by atoms with Crippen LogP contribution in [-0.4, -0.2) is 14.8 Å². The van der Waals surface area contributed by atoms with Crippen LogP contribution in [0.4, 0.5) is 5.69 Å². The number of rotatable bonds is 3. The van der Waals surface area contributed by atoms with Gasteiger partial charge in [0.25, 0.3) is 5.79 Å². The fourth-order valence-electron chi connectivity index (χ4n) is 1.92. The van der Waals surface area contributed by atoms with Gasteiger partial charge in [-0.15, -0.1) is 0 Å². The van der Waals surface area contributed by atoms with Gasteiger partial charge in [-0.05, 0) is 12.1 Å². The first-order valence-electron chi connectivity index (χ1n) is 5.91. The average Bonchev–Trinajstić information content (AvgIpc) is 3.00. The van der Waals surface area contributed by atoms with E-state index in [1.807, 2.05) is 25.1 Å². The van der Waals surface area contributed by atoms with Crippen LogP contribution in [0.5, 0.6) is 0 Å². The highest BCUT2D eigenvalue weighted by molar-refractivity contribution is 5.30. The molecule has 1 aliphatic rings. The normalized spacial score (nSPS) is 16.1. The maximum Gasteiger partial charge on any atom is 0.290 e. The maximum absolute atomic E-state index is 5.63. The lowest BCUT2D eigenvalue weighted by Gasteiger charge is -2.22. The van der Waals surface area contributed by atoms with Gasteiger partial charge in [-0.1, -0.05) is 6.07 Å². The van der Waals surface area contributed by atoms with Gasteiger partial charge >= 0.3 is 0 Å². The van der Waals surface area contributed by atoms with Gasteiger partial charge in [0.15, 0.2) is 0 Å². The van der Waals surface area contributed by atoms with E-state index in [2.05, 4.69) is 10.1 Å². The number of nitrogens with two attached hydrogens (primary N) is 1. The van der Waals surface area contributed by atoms with Gasteiger partial charge in [-0.25, -0.2) is 4.98 Å². The first kappa shape index (κ1) is 11.6. The van der Waals surface area contributed by atoms with E-state index in [0.29, 0.717) is 12.2 Å². The minimum absolute atomic E-state index is 0.550. The number of nitrogens with zero attached hydrogens (tertiary/aromatic N) is 3. The predicted molar refractivity (Wildman–Crippen MR) is 68.6 cm³/mol. The second kappa shape index (κ2) is 4.31. The highest BCUT2D eigenvalue weighted by Gasteiger charge is 2.33. The third-order valence-electron chi connectivity index (χ3n) is 2.89. The summed E-state index contributed by atoms with van der Waals surface area (Å²) in [5.41, 5.74) is 7.84. The van der Waals surface area contributed by atoms with Crippen molar-refractivity contribution in [3.8, 4) is 0 Å². The standard InChI is InChI=1S/C13H14N4O2/c1-13(18-5-6-19-13)12-4-2-3-11(16-12)9-17-8-10(14)7-15-17/h2-8H,9,14H2,1H3. The van der Waals surface area contributed by atoms with Crippen molar-refractivity contribution in [1.29, 1.82) is 0 Å². The average molecular weight is 258 g/mol. The number of aromatic nitrogens is 3. The number of hydrogen-bond acceptors (Lipinski definition) is 5.